The van der Waals surface area contributed by atoms with Crippen LogP contribution in [0.5, 0.6) is 0 Å². The number of nitrogens with two attached hydrogens (primary N) is 1. The molecule has 1 fully saturated rings. The molecule has 5 atom stereocenters. The van der Waals surface area contributed by atoms with Gasteiger partial charge in [-0.3, -0.25) is 9.59 Å². The summed E-state index contributed by atoms with van der Waals surface area (Å²) in [6.07, 6.45) is 2.46. The Bertz CT molecular complexity index is 463. The maximum absolute atomic E-state index is 12.9. The molecule has 0 spiro atoms. The van der Waals surface area contributed by atoms with Crippen LogP contribution in [0, 0.1) is 11.8 Å². The topological polar surface area (TPSA) is 110 Å². The molecule has 0 saturated heterocycles. The third kappa shape index (κ3) is 4.86. The van der Waals surface area contributed by atoms with Crippen LogP contribution in [0.2, 0.25) is 0 Å². The Balaban J connectivity index is 3.21. The van der Waals surface area contributed by atoms with Crippen molar-refractivity contribution in [3.8, 4) is 0 Å². The molecule has 1 rings (SSSR count). The van der Waals surface area contributed by atoms with Gasteiger partial charge in [-0.25, -0.2) is 4.79 Å². The Morgan fingerprint density at radius 3 is 2.25 bits per heavy atom. The molecule has 7 nitrogen and oxygen atoms in total. The minimum atomic E-state index is -1.20. The van der Waals surface area contributed by atoms with Gasteiger partial charge in [-0.1, -0.05) is 20.3 Å². The number of thiol groups is 1. The second kappa shape index (κ2) is 9.27. The number of carbonyl (C=O) groups is 3. The van der Waals surface area contributed by atoms with Crippen molar-refractivity contribution >= 4 is 30.5 Å². The van der Waals surface area contributed by atoms with Gasteiger partial charge < -0.3 is 20.5 Å². The molecular formula is C16H28N2O5S. The van der Waals surface area contributed by atoms with Crippen LogP contribution in [-0.4, -0.2) is 58.8 Å². The van der Waals surface area contributed by atoms with Crippen molar-refractivity contribution in [3.63, 3.8) is 0 Å². The van der Waals surface area contributed by atoms with Crippen LogP contribution in [0.25, 0.3) is 0 Å². The van der Waals surface area contributed by atoms with Gasteiger partial charge in [-0.2, -0.15) is 12.6 Å². The lowest BCUT2D eigenvalue weighted by Gasteiger charge is -2.45. The van der Waals surface area contributed by atoms with Gasteiger partial charge in [0.25, 0.3) is 0 Å². The number of nitrogens with zero attached hydrogens (tertiary/aromatic N) is 1. The standard InChI is InChI=1S/C16H28N2O5S/c1-9-5-4-6-10(2)14(9)18(12(8-24)16(22)23-3)15(21)11(17)7-13(19)20/h9-12,14,24H,4-8,17H2,1-3H3,(H,19,20)/t9-,10?,11-,12-,14?/m0/s1. The van der Waals surface area contributed by atoms with E-state index in [1.54, 1.807) is 0 Å². The van der Waals surface area contributed by atoms with Gasteiger partial charge in [0.15, 0.2) is 0 Å². The zero-order valence-electron chi connectivity index (χ0n) is 14.5. The van der Waals surface area contributed by atoms with Crippen LogP contribution in [-0.2, 0) is 19.1 Å². The molecule has 24 heavy (non-hydrogen) atoms. The number of carboxylic acids is 1. The molecule has 1 aliphatic rings. The Morgan fingerprint density at radius 1 is 1.29 bits per heavy atom. The lowest BCUT2D eigenvalue weighted by atomic mass is 9.77. The summed E-state index contributed by atoms with van der Waals surface area (Å²) in [5, 5.41) is 8.92. The summed E-state index contributed by atoms with van der Waals surface area (Å²) in [6, 6.07) is -2.27. The van der Waals surface area contributed by atoms with E-state index in [2.05, 4.69) is 12.6 Å². The first-order chi connectivity index (χ1) is 11.2. The van der Waals surface area contributed by atoms with Crippen molar-refractivity contribution in [2.45, 2.75) is 57.7 Å². The number of amides is 1. The van der Waals surface area contributed by atoms with Crippen LogP contribution in [0.15, 0.2) is 0 Å². The van der Waals surface area contributed by atoms with E-state index in [1.165, 1.54) is 12.0 Å². The molecule has 0 aromatic rings. The summed E-state index contributed by atoms with van der Waals surface area (Å²) in [6.45, 7) is 4.08. The van der Waals surface area contributed by atoms with Crippen LogP contribution < -0.4 is 5.73 Å². The molecule has 0 aromatic carbocycles. The highest BCUT2D eigenvalue weighted by Gasteiger charge is 2.43. The van der Waals surface area contributed by atoms with E-state index < -0.39 is 36.4 Å². The number of carbonyl (C=O) groups excluding carboxylic acids is 2. The Hall–Kier alpha value is -1.28. The lowest BCUT2D eigenvalue weighted by Crippen LogP contribution is -2.61. The number of methoxy groups -OCH3 is 1. The average molecular weight is 360 g/mol. The lowest BCUT2D eigenvalue weighted by molar-refractivity contribution is -0.158. The van der Waals surface area contributed by atoms with Crippen LogP contribution in [0.1, 0.15) is 39.5 Å². The molecular weight excluding hydrogens is 332 g/mol. The molecule has 1 aliphatic carbocycles. The minimum Gasteiger partial charge on any atom is -0.481 e. The molecule has 8 heteroatoms. The number of ether oxygens (including phenoxy) is 1. The van der Waals surface area contributed by atoms with Gasteiger partial charge in [0.1, 0.15) is 6.04 Å². The van der Waals surface area contributed by atoms with Gasteiger partial charge in [0.05, 0.1) is 19.6 Å². The summed E-state index contributed by atoms with van der Waals surface area (Å²) >= 11 is 4.21. The van der Waals surface area contributed by atoms with Gasteiger partial charge in [0, 0.05) is 11.8 Å². The van der Waals surface area contributed by atoms with Crippen LogP contribution in [0.4, 0.5) is 0 Å². The molecule has 3 N–H and O–H groups in total. The fourth-order valence-electron chi connectivity index (χ4n) is 3.60. The highest BCUT2D eigenvalue weighted by Crippen LogP contribution is 2.34. The summed E-state index contributed by atoms with van der Waals surface area (Å²) in [5.74, 6) is -1.79. The number of carboxylic acid groups (broad SMARTS) is 1. The number of rotatable bonds is 7. The molecule has 138 valence electrons. The van der Waals surface area contributed by atoms with Crippen LogP contribution >= 0.6 is 12.6 Å². The molecule has 1 amide bonds. The van der Waals surface area contributed by atoms with Crippen LogP contribution in [0.3, 0.4) is 0 Å². The number of hydrogen-bond donors (Lipinski definition) is 3. The predicted octanol–water partition coefficient (Wildman–Crippen LogP) is 0.913. The van der Waals surface area contributed by atoms with E-state index in [4.69, 9.17) is 15.6 Å². The third-order valence-corrected chi connectivity index (χ3v) is 5.10. The molecule has 0 aromatic heterocycles. The first-order valence-corrected chi connectivity index (χ1v) is 8.86. The maximum atomic E-state index is 12.9. The Labute approximate surface area is 148 Å². The molecule has 0 radical (unpaired) electrons. The first kappa shape index (κ1) is 20.8. The zero-order chi connectivity index (χ0) is 18.4. The predicted molar refractivity (Wildman–Crippen MR) is 92.7 cm³/mol. The summed E-state index contributed by atoms with van der Waals surface area (Å²) in [7, 11) is 1.26. The average Bonchev–Trinajstić information content (AvgIpc) is 2.52. The SMILES string of the molecule is COC(=O)[C@H](CS)N(C(=O)[C@@H](N)CC(=O)O)C1C(C)CCC[C@@H]1C. The first-order valence-electron chi connectivity index (χ1n) is 8.22. The van der Waals surface area contributed by atoms with Crippen molar-refractivity contribution in [3.05, 3.63) is 0 Å². The highest BCUT2D eigenvalue weighted by atomic mass is 32.1. The van der Waals surface area contributed by atoms with Crippen molar-refractivity contribution in [1.82, 2.24) is 4.90 Å². The molecule has 0 bridgehead atoms. The largest absolute Gasteiger partial charge is 0.481 e. The van der Waals surface area contributed by atoms with E-state index in [1.807, 2.05) is 13.8 Å². The fraction of sp³-hybridized carbons (Fsp3) is 0.812. The van der Waals surface area contributed by atoms with E-state index in [0.29, 0.717) is 0 Å². The van der Waals surface area contributed by atoms with E-state index in [0.717, 1.165) is 19.3 Å². The molecule has 1 saturated carbocycles. The third-order valence-electron chi connectivity index (χ3n) is 4.75. The molecule has 0 aliphatic heterocycles. The normalized spacial score (nSPS) is 26.3. The van der Waals surface area contributed by atoms with E-state index >= 15 is 0 Å². The smallest absolute Gasteiger partial charge is 0.329 e. The summed E-state index contributed by atoms with van der Waals surface area (Å²) < 4.78 is 4.82. The number of aliphatic carboxylic acids is 1. The monoisotopic (exact) mass is 360 g/mol. The van der Waals surface area contributed by atoms with Crippen molar-refractivity contribution in [2.75, 3.05) is 12.9 Å². The van der Waals surface area contributed by atoms with E-state index in [9.17, 15) is 14.4 Å². The minimum absolute atomic E-state index is 0.0914. The van der Waals surface area contributed by atoms with Gasteiger partial charge >= 0.3 is 11.9 Å². The number of hydrogen-bond acceptors (Lipinski definition) is 6. The Morgan fingerprint density at radius 2 is 1.83 bits per heavy atom. The van der Waals surface area contributed by atoms with Gasteiger partial charge in [0.2, 0.25) is 5.91 Å². The zero-order valence-corrected chi connectivity index (χ0v) is 15.4. The maximum Gasteiger partial charge on any atom is 0.329 e. The van der Waals surface area contributed by atoms with Crippen molar-refractivity contribution < 1.29 is 24.2 Å². The van der Waals surface area contributed by atoms with E-state index in [-0.39, 0.29) is 23.6 Å². The molecule has 0 heterocycles. The second-order valence-electron chi connectivity index (χ2n) is 6.55. The van der Waals surface area contributed by atoms with Crippen molar-refractivity contribution in [1.29, 1.82) is 0 Å². The van der Waals surface area contributed by atoms with Crippen molar-refractivity contribution in [2.24, 2.45) is 17.6 Å². The number of esters is 1. The quantitative estimate of drug-likeness (QED) is 0.460. The molecule has 2 unspecified atom stereocenters. The van der Waals surface area contributed by atoms with Gasteiger partial charge in [-0.05, 0) is 24.7 Å². The second-order valence-corrected chi connectivity index (χ2v) is 6.91. The van der Waals surface area contributed by atoms with Gasteiger partial charge in [-0.15, -0.1) is 0 Å². The fourth-order valence-corrected chi connectivity index (χ4v) is 3.92. The summed E-state index contributed by atoms with van der Waals surface area (Å²) in [4.78, 5) is 37.4. The highest BCUT2D eigenvalue weighted by molar-refractivity contribution is 7.80. The summed E-state index contributed by atoms with van der Waals surface area (Å²) in [5.41, 5.74) is 5.80. The Kier molecular flexibility index (Phi) is 8.02.